The second-order valence-corrected chi connectivity index (χ2v) is 28.1. The molecule has 0 heterocycles. The predicted octanol–water partition coefficient (Wildman–Crippen LogP) is 9.73. The first-order chi connectivity index (χ1) is 15.2. The van der Waals surface area contributed by atoms with Gasteiger partial charge in [-0.3, -0.25) is 0 Å². The van der Waals surface area contributed by atoms with E-state index in [1.54, 1.807) is 0 Å². The van der Waals surface area contributed by atoms with Gasteiger partial charge in [-0.25, -0.2) is 0 Å². The van der Waals surface area contributed by atoms with Crippen molar-refractivity contribution in [3.63, 3.8) is 0 Å². The maximum absolute atomic E-state index is 7.05. The monoisotopic (exact) mass is 522 g/mol. The van der Waals surface area contributed by atoms with Crippen LogP contribution in [0.15, 0.2) is 24.3 Å². The average Bonchev–Trinajstić information content (AvgIpc) is 2.62. The van der Waals surface area contributed by atoms with Gasteiger partial charge in [0.15, 0.2) is 16.6 Å². The Hall–Kier alpha value is -0.389. The van der Waals surface area contributed by atoms with E-state index < -0.39 is 24.7 Å². The third kappa shape index (κ3) is 13.1. The van der Waals surface area contributed by atoms with Gasteiger partial charge in [0.2, 0.25) is 0 Å². The van der Waals surface area contributed by atoms with E-state index in [0.717, 1.165) is 12.8 Å². The Labute approximate surface area is 217 Å². The molecule has 0 rings (SSSR count). The highest BCUT2D eigenvalue weighted by Crippen LogP contribution is 2.41. The molecule has 198 valence electrons. The van der Waals surface area contributed by atoms with Crippen LogP contribution in [0.25, 0.3) is 0 Å². The zero-order valence-corrected chi connectivity index (χ0v) is 28.3. The minimum absolute atomic E-state index is 0.0235. The van der Waals surface area contributed by atoms with Crippen LogP contribution in [0, 0.1) is 11.5 Å². The Kier molecular flexibility index (Phi) is 13.6. The summed E-state index contributed by atoms with van der Waals surface area (Å²) in [6.45, 7) is 32.5. The van der Waals surface area contributed by atoms with Gasteiger partial charge in [0, 0.05) is 6.42 Å². The van der Waals surface area contributed by atoms with Gasteiger partial charge in [0.05, 0.1) is 12.2 Å². The second-order valence-electron chi connectivity index (χ2n) is 13.8. The maximum atomic E-state index is 7.05. The van der Waals surface area contributed by atoms with Gasteiger partial charge >= 0.3 is 0 Å². The first-order valence-corrected chi connectivity index (χ1v) is 22.7. The van der Waals surface area contributed by atoms with Crippen molar-refractivity contribution in [2.24, 2.45) is 0 Å². The summed E-state index contributed by atoms with van der Waals surface area (Å²) >= 11 is 0. The summed E-state index contributed by atoms with van der Waals surface area (Å²) in [7, 11) is -5.18. The number of hydrogen-bond donors (Lipinski definition) is 0. The highest BCUT2D eigenvalue weighted by Gasteiger charge is 2.43. The Morgan fingerprint density at radius 1 is 0.765 bits per heavy atom. The fraction of sp³-hybridized carbons (Fsp3) is 0.793. The molecule has 0 bridgehead atoms. The number of unbranched alkanes of at least 4 members (excludes halogenated alkanes) is 2. The van der Waals surface area contributed by atoms with E-state index in [-0.39, 0.29) is 22.3 Å². The van der Waals surface area contributed by atoms with Crippen LogP contribution >= 0.6 is 0 Å². The molecule has 0 aromatic heterocycles. The van der Waals surface area contributed by atoms with Crippen molar-refractivity contribution in [1.82, 2.24) is 0 Å². The maximum Gasteiger partial charge on any atom is 0.193 e. The molecule has 0 aromatic carbocycles. The van der Waals surface area contributed by atoms with Crippen LogP contribution in [0.3, 0.4) is 0 Å². The zero-order valence-electron chi connectivity index (χ0n) is 25.3. The Balaban J connectivity index is 5.93. The summed E-state index contributed by atoms with van der Waals surface area (Å²) in [5.74, 6) is 3.32. The summed E-state index contributed by atoms with van der Waals surface area (Å²) in [6, 6.07) is 0. The molecular weight excluding hydrogens is 465 g/mol. The molecule has 0 spiro atoms. The molecular formula is C29H58O2Si3. The quantitative estimate of drug-likeness (QED) is 0.110. The summed E-state index contributed by atoms with van der Waals surface area (Å²) < 4.78 is 14.1. The topological polar surface area (TPSA) is 18.5 Å². The van der Waals surface area contributed by atoms with Crippen LogP contribution in [0.2, 0.25) is 55.9 Å². The second kappa shape index (κ2) is 13.8. The molecule has 5 heteroatoms. The normalized spacial score (nSPS) is 16.1. The average molecular weight is 523 g/mol. The number of rotatable bonds is 12. The highest BCUT2D eigenvalue weighted by molar-refractivity contribution is 6.83. The van der Waals surface area contributed by atoms with Gasteiger partial charge in [-0.05, 0) is 42.7 Å². The van der Waals surface area contributed by atoms with E-state index in [1.165, 1.54) is 19.3 Å². The lowest BCUT2D eigenvalue weighted by atomic mass is 10.1. The molecule has 0 aliphatic rings. The summed E-state index contributed by atoms with van der Waals surface area (Å²) in [5.41, 5.74) is 3.43. The van der Waals surface area contributed by atoms with Crippen molar-refractivity contribution in [2.75, 3.05) is 0 Å². The van der Waals surface area contributed by atoms with E-state index in [4.69, 9.17) is 8.85 Å². The van der Waals surface area contributed by atoms with Crippen LogP contribution in [0.5, 0.6) is 0 Å². The van der Waals surface area contributed by atoms with Crippen LogP contribution in [-0.2, 0) is 8.85 Å². The largest absolute Gasteiger partial charge is 0.411 e. The fourth-order valence-electron chi connectivity index (χ4n) is 2.89. The third-order valence-electron chi connectivity index (χ3n) is 7.18. The lowest BCUT2D eigenvalue weighted by Gasteiger charge is -2.44. The molecule has 0 saturated heterocycles. The third-order valence-corrected chi connectivity index (χ3v) is 17.1. The lowest BCUT2D eigenvalue weighted by Crippen LogP contribution is -2.51. The molecule has 2 atom stereocenters. The van der Waals surface area contributed by atoms with Crippen molar-refractivity contribution < 1.29 is 8.85 Å². The minimum atomic E-state index is -1.96. The summed E-state index contributed by atoms with van der Waals surface area (Å²) in [4.78, 5) is 0. The minimum Gasteiger partial charge on any atom is -0.411 e. The molecule has 0 aliphatic carbocycles. The van der Waals surface area contributed by atoms with Crippen LogP contribution in [0.4, 0.5) is 0 Å². The highest BCUT2D eigenvalue weighted by atomic mass is 28.4. The van der Waals surface area contributed by atoms with Crippen molar-refractivity contribution >= 4 is 24.7 Å². The molecule has 0 fully saturated rings. The van der Waals surface area contributed by atoms with E-state index in [0.29, 0.717) is 0 Å². The van der Waals surface area contributed by atoms with E-state index in [1.807, 2.05) is 0 Å². The van der Waals surface area contributed by atoms with Crippen molar-refractivity contribution in [2.45, 2.75) is 149 Å². The summed E-state index contributed by atoms with van der Waals surface area (Å²) in [5, 5.41) is 0.336. The molecule has 0 unspecified atom stereocenters. The molecule has 0 amide bonds. The van der Waals surface area contributed by atoms with Crippen LogP contribution in [0.1, 0.15) is 80.6 Å². The molecule has 0 radical (unpaired) electrons. The lowest BCUT2D eigenvalue weighted by molar-refractivity contribution is 0.0559. The summed E-state index contributed by atoms with van der Waals surface area (Å²) in [6.07, 6.45) is 14.3. The van der Waals surface area contributed by atoms with Crippen molar-refractivity contribution in [3.8, 4) is 11.5 Å². The molecule has 0 saturated carbocycles. The Morgan fingerprint density at radius 3 is 1.76 bits per heavy atom. The molecule has 0 aromatic rings. The van der Waals surface area contributed by atoms with Gasteiger partial charge in [-0.1, -0.05) is 112 Å². The van der Waals surface area contributed by atoms with E-state index in [2.05, 4.69) is 130 Å². The van der Waals surface area contributed by atoms with Gasteiger partial charge in [0.25, 0.3) is 0 Å². The molecule has 0 N–H and O–H groups in total. The van der Waals surface area contributed by atoms with Crippen molar-refractivity contribution in [1.29, 1.82) is 0 Å². The molecule has 0 aliphatic heterocycles. The standard InChI is InChI=1S/C29H58O2Si3/c1-15-16-20-23-26(30-33(11,12)28(2,3)4)27(31-34(13,14)29(5,6)7)24-21-18-17-19-22-25-32(8,9)10/h17-18,21,24,26-27H,15-16,19-20,23H2,1-14H3/b18-17+,24-21-/t26-,27-/m0/s1. The molecule has 34 heavy (non-hydrogen) atoms. The van der Waals surface area contributed by atoms with Gasteiger partial charge in [0.1, 0.15) is 8.07 Å². The first-order valence-electron chi connectivity index (χ1n) is 13.4. The van der Waals surface area contributed by atoms with Crippen LogP contribution in [-0.4, -0.2) is 36.9 Å². The molecule has 2 nitrogen and oxygen atoms in total. The fourth-order valence-corrected chi connectivity index (χ4v) is 6.15. The Bertz CT molecular complexity index is 705. The van der Waals surface area contributed by atoms with Gasteiger partial charge in [-0.2, -0.15) is 0 Å². The van der Waals surface area contributed by atoms with Crippen LogP contribution < -0.4 is 0 Å². The predicted molar refractivity (Wildman–Crippen MR) is 162 cm³/mol. The van der Waals surface area contributed by atoms with Crippen molar-refractivity contribution in [3.05, 3.63) is 24.3 Å². The van der Waals surface area contributed by atoms with Gasteiger partial charge < -0.3 is 8.85 Å². The zero-order chi connectivity index (χ0) is 26.8. The first kappa shape index (κ1) is 33.6. The Morgan fingerprint density at radius 2 is 1.29 bits per heavy atom. The van der Waals surface area contributed by atoms with E-state index in [9.17, 15) is 0 Å². The number of allylic oxidation sites excluding steroid dienone is 3. The van der Waals surface area contributed by atoms with Gasteiger partial charge in [-0.15, -0.1) is 11.5 Å². The SMILES string of the molecule is CCCCC[C@H](O[Si](C)(C)C(C)(C)C)[C@H](/C=C\C=C\CC#C[Si](C)(C)C)O[Si](C)(C)C(C)(C)C. The number of hydrogen-bond acceptors (Lipinski definition) is 2. The van der Waals surface area contributed by atoms with E-state index >= 15 is 0 Å². The smallest absolute Gasteiger partial charge is 0.193 e.